The smallest absolute Gasteiger partial charge is 0.242 e. The van der Waals surface area contributed by atoms with E-state index in [4.69, 9.17) is 0 Å². The molecule has 0 amide bonds. The van der Waals surface area contributed by atoms with Crippen molar-refractivity contribution < 1.29 is 13.5 Å². The summed E-state index contributed by atoms with van der Waals surface area (Å²) in [6.45, 7) is 0.199. The largest absolute Gasteiger partial charge is 0.396 e. The van der Waals surface area contributed by atoms with E-state index in [9.17, 15) is 13.5 Å². The lowest BCUT2D eigenvalue weighted by atomic mass is 10.0. The van der Waals surface area contributed by atoms with Gasteiger partial charge in [-0.15, -0.1) is 0 Å². The minimum absolute atomic E-state index is 0.199. The molecule has 2 unspecified atom stereocenters. The Morgan fingerprint density at radius 1 is 1.25 bits per heavy atom. The van der Waals surface area contributed by atoms with Crippen molar-refractivity contribution in [3.63, 3.8) is 0 Å². The Morgan fingerprint density at radius 3 is 2.45 bits per heavy atom. The number of nitrogens with one attached hydrogen (secondary N) is 1. The van der Waals surface area contributed by atoms with E-state index in [0.717, 1.165) is 24.9 Å². The van der Waals surface area contributed by atoms with Crippen LogP contribution in [-0.4, -0.2) is 44.6 Å². The van der Waals surface area contributed by atoms with E-state index in [1.807, 2.05) is 0 Å². The third kappa shape index (κ3) is 3.13. The molecule has 0 heterocycles. The van der Waals surface area contributed by atoms with Crippen LogP contribution in [0.5, 0.6) is 0 Å². The summed E-state index contributed by atoms with van der Waals surface area (Å²) in [5.41, 5.74) is 0.896. The van der Waals surface area contributed by atoms with Crippen LogP contribution in [0.2, 0.25) is 0 Å². The van der Waals surface area contributed by atoms with Crippen molar-refractivity contribution in [2.75, 3.05) is 26.0 Å². The van der Waals surface area contributed by atoms with Crippen molar-refractivity contribution in [3.8, 4) is 0 Å². The normalized spacial score (nSPS) is 23.2. The van der Waals surface area contributed by atoms with Crippen LogP contribution in [0.4, 0.5) is 5.69 Å². The number of benzene rings is 1. The van der Waals surface area contributed by atoms with Crippen LogP contribution in [0.1, 0.15) is 19.3 Å². The summed E-state index contributed by atoms with van der Waals surface area (Å²) in [6.07, 6.45) is 3.21. The minimum Gasteiger partial charge on any atom is -0.396 e. The average molecular weight is 298 g/mol. The zero-order valence-corrected chi connectivity index (χ0v) is 12.7. The first-order valence-corrected chi connectivity index (χ1v) is 8.29. The van der Waals surface area contributed by atoms with Gasteiger partial charge < -0.3 is 10.4 Å². The molecule has 5 nitrogen and oxygen atoms in total. The standard InChI is InChI=1S/C14H22N2O3S/c1-16(2)20(18,19)13-8-6-12(7-9-13)15-14-5-3-4-11(14)10-17/h6-9,11,14-15,17H,3-5,10H2,1-2H3. The second-order valence-corrected chi connectivity index (χ2v) is 7.59. The fourth-order valence-corrected chi connectivity index (χ4v) is 3.50. The van der Waals surface area contributed by atoms with Gasteiger partial charge in [0.2, 0.25) is 10.0 Å². The molecular weight excluding hydrogens is 276 g/mol. The summed E-state index contributed by atoms with van der Waals surface area (Å²) in [6, 6.07) is 7.06. The van der Waals surface area contributed by atoms with Gasteiger partial charge >= 0.3 is 0 Å². The predicted molar refractivity (Wildman–Crippen MR) is 79.2 cm³/mol. The second-order valence-electron chi connectivity index (χ2n) is 5.44. The van der Waals surface area contributed by atoms with Gasteiger partial charge in [-0.25, -0.2) is 12.7 Å². The molecule has 20 heavy (non-hydrogen) atoms. The van der Waals surface area contributed by atoms with Crippen LogP contribution < -0.4 is 5.32 Å². The number of nitrogens with zero attached hydrogens (tertiary/aromatic N) is 1. The van der Waals surface area contributed by atoms with Gasteiger partial charge in [-0.1, -0.05) is 6.42 Å². The number of anilines is 1. The molecular formula is C14H22N2O3S. The minimum atomic E-state index is -3.37. The molecule has 6 heteroatoms. The van der Waals surface area contributed by atoms with E-state index >= 15 is 0 Å². The third-order valence-electron chi connectivity index (χ3n) is 3.88. The van der Waals surface area contributed by atoms with E-state index in [1.165, 1.54) is 18.4 Å². The van der Waals surface area contributed by atoms with Gasteiger partial charge in [0.1, 0.15) is 0 Å². The Hall–Kier alpha value is -1.11. The van der Waals surface area contributed by atoms with Crippen LogP contribution in [0.15, 0.2) is 29.2 Å². The quantitative estimate of drug-likeness (QED) is 0.864. The molecule has 0 bridgehead atoms. The molecule has 2 N–H and O–H groups in total. The first-order valence-electron chi connectivity index (χ1n) is 6.85. The van der Waals surface area contributed by atoms with Gasteiger partial charge in [-0.3, -0.25) is 0 Å². The number of aliphatic hydroxyl groups excluding tert-OH is 1. The summed E-state index contributed by atoms with van der Waals surface area (Å²) in [4.78, 5) is 0.290. The first-order chi connectivity index (χ1) is 9.45. The highest BCUT2D eigenvalue weighted by Crippen LogP contribution is 2.28. The van der Waals surface area contributed by atoms with E-state index in [2.05, 4.69) is 5.32 Å². The maximum absolute atomic E-state index is 12.0. The molecule has 0 spiro atoms. The van der Waals surface area contributed by atoms with Crippen molar-refractivity contribution >= 4 is 15.7 Å². The van der Waals surface area contributed by atoms with Gasteiger partial charge in [0.05, 0.1) is 4.90 Å². The number of hydrogen-bond acceptors (Lipinski definition) is 4. The molecule has 0 saturated heterocycles. The molecule has 1 aliphatic carbocycles. The zero-order chi connectivity index (χ0) is 14.8. The molecule has 0 aliphatic heterocycles. The van der Waals surface area contributed by atoms with Crippen LogP contribution in [0.25, 0.3) is 0 Å². The molecule has 1 aromatic carbocycles. The second kappa shape index (κ2) is 6.11. The Balaban J connectivity index is 2.09. The van der Waals surface area contributed by atoms with Crippen LogP contribution >= 0.6 is 0 Å². The molecule has 2 rings (SSSR count). The monoisotopic (exact) mass is 298 g/mol. The Kier molecular flexibility index (Phi) is 4.67. The van der Waals surface area contributed by atoms with E-state index in [-0.39, 0.29) is 17.5 Å². The fourth-order valence-electron chi connectivity index (χ4n) is 2.59. The van der Waals surface area contributed by atoms with Crippen molar-refractivity contribution in [2.24, 2.45) is 5.92 Å². The topological polar surface area (TPSA) is 69.6 Å². The molecule has 112 valence electrons. The molecule has 1 fully saturated rings. The summed E-state index contributed by atoms with van der Waals surface area (Å²) in [5, 5.41) is 12.7. The lowest BCUT2D eigenvalue weighted by Gasteiger charge is -2.20. The Labute approximate surface area is 120 Å². The van der Waals surface area contributed by atoms with Crippen LogP contribution in [0, 0.1) is 5.92 Å². The predicted octanol–water partition coefficient (Wildman–Crippen LogP) is 1.51. The van der Waals surface area contributed by atoms with Crippen LogP contribution in [-0.2, 0) is 10.0 Å². The number of aliphatic hydroxyl groups is 1. The molecule has 2 atom stereocenters. The maximum atomic E-state index is 12.0. The number of hydrogen-bond donors (Lipinski definition) is 2. The highest BCUT2D eigenvalue weighted by atomic mass is 32.2. The summed E-state index contributed by atoms with van der Waals surface area (Å²) >= 11 is 0. The molecule has 1 aromatic rings. The summed E-state index contributed by atoms with van der Waals surface area (Å²) in [7, 11) is -0.331. The fraction of sp³-hybridized carbons (Fsp3) is 0.571. The molecule has 0 aromatic heterocycles. The van der Waals surface area contributed by atoms with Gasteiger partial charge in [-0.05, 0) is 37.1 Å². The lowest BCUT2D eigenvalue weighted by molar-refractivity contribution is 0.222. The van der Waals surface area contributed by atoms with E-state index in [0.29, 0.717) is 5.92 Å². The Morgan fingerprint density at radius 2 is 1.90 bits per heavy atom. The molecule has 1 saturated carbocycles. The van der Waals surface area contributed by atoms with Crippen LogP contribution in [0.3, 0.4) is 0 Å². The first kappa shape index (κ1) is 15.3. The molecule has 0 radical (unpaired) electrons. The van der Waals surface area contributed by atoms with E-state index < -0.39 is 10.0 Å². The zero-order valence-electron chi connectivity index (χ0n) is 11.9. The highest BCUT2D eigenvalue weighted by molar-refractivity contribution is 7.89. The third-order valence-corrected chi connectivity index (χ3v) is 5.71. The summed E-state index contributed by atoms with van der Waals surface area (Å²) < 4.78 is 25.1. The Bertz CT molecular complexity index is 540. The summed E-state index contributed by atoms with van der Waals surface area (Å²) in [5.74, 6) is 0.292. The van der Waals surface area contributed by atoms with Gasteiger partial charge in [0, 0.05) is 38.3 Å². The average Bonchev–Trinajstić information content (AvgIpc) is 2.86. The number of sulfonamides is 1. The van der Waals surface area contributed by atoms with Crippen molar-refractivity contribution in [3.05, 3.63) is 24.3 Å². The molecule has 1 aliphatic rings. The van der Waals surface area contributed by atoms with Gasteiger partial charge in [0.25, 0.3) is 0 Å². The van der Waals surface area contributed by atoms with Crippen molar-refractivity contribution in [2.45, 2.75) is 30.2 Å². The number of rotatable bonds is 5. The van der Waals surface area contributed by atoms with Gasteiger partial charge in [0.15, 0.2) is 0 Å². The lowest BCUT2D eigenvalue weighted by Crippen LogP contribution is -2.26. The SMILES string of the molecule is CN(C)S(=O)(=O)c1ccc(NC2CCCC2CO)cc1. The van der Waals surface area contributed by atoms with Crippen molar-refractivity contribution in [1.82, 2.24) is 4.31 Å². The van der Waals surface area contributed by atoms with E-state index in [1.54, 1.807) is 24.3 Å². The van der Waals surface area contributed by atoms with Crippen molar-refractivity contribution in [1.29, 1.82) is 0 Å². The highest BCUT2D eigenvalue weighted by Gasteiger charge is 2.26. The maximum Gasteiger partial charge on any atom is 0.242 e. The van der Waals surface area contributed by atoms with Gasteiger partial charge in [-0.2, -0.15) is 0 Å².